The monoisotopic (exact) mass is 673 g/mol. The first-order valence-corrected chi connectivity index (χ1v) is 18.2. The molecule has 3 heterocycles. The van der Waals surface area contributed by atoms with E-state index in [9.17, 15) is 14.4 Å². The number of rotatable bonds is 7. The summed E-state index contributed by atoms with van der Waals surface area (Å²) < 4.78 is 17.9. The van der Waals surface area contributed by atoms with Gasteiger partial charge in [-0.3, -0.25) is 14.4 Å². The molecule has 0 N–H and O–H groups in total. The highest BCUT2D eigenvalue weighted by Crippen LogP contribution is 2.58. The molecule has 1 amide bonds. The van der Waals surface area contributed by atoms with Gasteiger partial charge in [-0.25, -0.2) is 9.97 Å². The number of nitrogens with zero attached hydrogens (tertiary/aromatic N) is 3. The number of hydrogen-bond acceptors (Lipinski definition) is 9. The predicted octanol–water partition coefficient (Wildman–Crippen LogP) is 7.30. The molecule has 2 saturated carbocycles. The number of pyridine rings is 1. The first-order valence-electron chi connectivity index (χ1n) is 17.3. The van der Waals surface area contributed by atoms with Crippen LogP contribution in [0.1, 0.15) is 82.9 Å². The number of amides is 1. The third-order valence-electron chi connectivity index (χ3n) is 10.4. The van der Waals surface area contributed by atoms with Gasteiger partial charge < -0.3 is 19.1 Å². The van der Waals surface area contributed by atoms with Gasteiger partial charge in [-0.15, -0.1) is 11.3 Å². The van der Waals surface area contributed by atoms with Gasteiger partial charge in [0.2, 0.25) is 5.91 Å². The van der Waals surface area contributed by atoms with Crippen molar-refractivity contribution in [1.82, 2.24) is 14.9 Å². The summed E-state index contributed by atoms with van der Waals surface area (Å²) in [7, 11) is 3.47. The lowest BCUT2D eigenvalue weighted by atomic mass is 9.84. The molecule has 1 aliphatic heterocycles. The first kappa shape index (κ1) is 34.1. The van der Waals surface area contributed by atoms with Gasteiger partial charge >= 0.3 is 5.97 Å². The number of ether oxygens (including phenoxy) is 3. The molecular weight excluding hydrogens is 626 g/mol. The minimum absolute atomic E-state index is 0.0161. The van der Waals surface area contributed by atoms with Gasteiger partial charge in [0.05, 0.1) is 36.3 Å². The molecule has 1 unspecified atom stereocenters. The number of aromatic nitrogens is 2. The Morgan fingerprint density at radius 1 is 1.12 bits per heavy atom. The van der Waals surface area contributed by atoms with Gasteiger partial charge in [-0.1, -0.05) is 26.0 Å². The lowest BCUT2D eigenvalue weighted by molar-refractivity contribution is -0.152. The number of benzene rings is 1. The van der Waals surface area contributed by atoms with Crippen molar-refractivity contribution in [2.24, 2.45) is 23.2 Å². The van der Waals surface area contributed by atoms with E-state index in [0.717, 1.165) is 52.2 Å². The van der Waals surface area contributed by atoms with E-state index in [1.54, 1.807) is 30.3 Å². The molecule has 0 spiro atoms. The number of hydrogen-bond donors (Lipinski definition) is 0. The molecule has 0 bridgehead atoms. The van der Waals surface area contributed by atoms with Crippen LogP contribution in [-0.4, -0.2) is 65.9 Å². The fourth-order valence-electron chi connectivity index (χ4n) is 7.45. The summed E-state index contributed by atoms with van der Waals surface area (Å²) in [4.78, 5) is 53.0. The summed E-state index contributed by atoms with van der Waals surface area (Å²) in [5.41, 5.74) is 2.52. The average Bonchev–Trinajstić information content (AvgIpc) is 3.37. The second kappa shape index (κ2) is 14.0. The molecule has 5 atom stereocenters. The highest BCUT2D eigenvalue weighted by atomic mass is 32.1. The number of thiazole rings is 1. The fraction of sp³-hybridized carbons (Fsp3) is 0.553. The van der Waals surface area contributed by atoms with Crippen molar-refractivity contribution in [2.45, 2.75) is 84.7 Å². The summed E-state index contributed by atoms with van der Waals surface area (Å²) in [6, 6.07) is 5.80. The molecule has 0 saturated heterocycles. The van der Waals surface area contributed by atoms with Gasteiger partial charge in [0, 0.05) is 48.3 Å². The van der Waals surface area contributed by atoms with Crippen LogP contribution in [0.2, 0.25) is 0 Å². The number of Topliss-reactive ketones (excluding diaryl/α,β-unsaturated/α-hetero) is 1. The topological polar surface area (TPSA) is 108 Å². The molecule has 3 aliphatic rings. The van der Waals surface area contributed by atoms with E-state index in [1.807, 2.05) is 32.2 Å². The van der Waals surface area contributed by atoms with Crippen molar-refractivity contribution in [3.05, 3.63) is 47.0 Å². The Morgan fingerprint density at radius 3 is 2.65 bits per heavy atom. The van der Waals surface area contributed by atoms with Crippen LogP contribution in [0.3, 0.4) is 0 Å². The van der Waals surface area contributed by atoms with Gasteiger partial charge in [0.15, 0.2) is 0 Å². The molecule has 1 aromatic carbocycles. The molecule has 0 radical (unpaired) electrons. The molecule has 2 aromatic heterocycles. The van der Waals surface area contributed by atoms with Crippen molar-refractivity contribution in [3.8, 4) is 22.2 Å². The maximum absolute atomic E-state index is 14.2. The minimum Gasteiger partial charge on any atom is -0.496 e. The molecule has 2 aliphatic carbocycles. The largest absolute Gasteiger partial charge is 0.496 e. The Bertz CT molecular complexity index is 1730. The average molecular weight is 674 g/mol. The molecule has 2 fully saturated rings. The number of aryl methyl sites for hydroxylation is 1. The Labute approximate surface area is 287 Å². The number of esters is 1. The quantitative estimate of drug-likeness (QED) is 0.190. The van der Waals surface area contributed by atoms with Crippen LogP contribution < -0.4 is 9.47 Å². The predicted molar refractivity (Wildman–Crippen MR) is 186 cm³/mol. The highest BCUT2D eigenvalue weighted by molar-refractivity contribution is 7.13. The molecule has 9 nitrogen and oxygen atoms in total. The number of allylic oxidation sites excluding steroid dienone is 2. The van der Waals surface area contributed by atoms with Crippen molar-refractivity contribution in [1.29, 1.82) is 0 Å². The smallest absolute Gasteiger partial charge is 0.313 e. The van der Waals surface area contributed by atoms with E-state index < -0.39 is 17.3 Å². The van der Waals surface area contributed by atoms with Gasteiger partial charge in [-0.2, -0.15) is 0 Å². The fourth-order valence-corrected chi connectivity index (χ4v) is 8.39. The zero-order chi connectivity index (χ0) is 34.2. The van der Waals surface area contributed by atoms with Crippen LogP contribution in [-0.2, 0) is 19.1 Å². The lowest BCUT2D eigenvalue weighted by Gasteiger charge is -2.25. The van der Waals surface area contributed by atoms with Crippen LogP contribution in [0, 0.1) is 30.1 Å². The van der Waals surface area contributed by atoms with Gasteiger partial charge in [0.25, 0.3) is 0 Å². The Balaban J connectivity index is 1.34. The van der Waals surface area contributed by atoms with Crippen LogP contribution in [0.4, 0.5) is 0 Å². The zero-order valence-corrected chi connectivity index (χ0v) is 29.7. The Morgan fingerprint density at radius 2 is 1.92 bits per heavy atom. The maximum atomic E-state index is 14.2. The van der Waals surface area contributed by atoms with Crippen LogP contribution >= 0.6 is 11.3 Å². The summed E-state index contributed by atoms with van der Waals surface area (Å²) in [5, 5.41) is 3.70. The maximum Gasteiger partial charge on any atom is 0.313 e. The van der Waals surface area contributed by atoms with Crippen LogP contribution in [0.15, 0.2) is 35.7 Å². The molecule has 6 rings (SSSR count). The number of ketones is 1. The van der Waals surface area contributed by atoms with Crippen LogP contribution in [0.5, 0.6) is 11.5 Å². The van der Waals surface area contributed by atoms with Crippen molar-refractivity contribution in [3.63, 3.8) is 0 Å². The standard InChI is InChI=1S/C38H47N3O6S/c1-7-46-37(44)38-19-24(38)12-10-8-9-11-15-41(5)36(43)28-17-25(16-27(28)31(42)20-38)47-33-18-29(35-40-30(21-48-35)22(2)3)39-34-23(4)32(45-6)14-13-26(33)34/h10,12-14,18,21-22,24-25,27-28H,7-9,11,15-17,19-20H2,1-6H3/b12-10-/t24-,25?,27-,28-,38-/m1/s1. The van der Waals surface area contributed by atoms with Gasteiger partial charge in [0.1, 0.15) is 34.1 Å². The number of carbonyl (C=O) groups excluding carboxylic acids is 3. The summed E-state index contributed by atoms with van der Waals surface area (Å²) in [5.74, 6) is 0.169. The zero-order valence-electron chi connectivity index (χ0n) is 28.9. The van der Waals surface area contributed by atoms with E-state index in [2.05, 4.69) is 31.4 Å². The number of methoxy groups -OCH3 is 1. The Kier molecular flexibility index (Phi) is 9.93. The van der Waals surface area contributed by atoms with Crippen molar-refractivity contribution in [2.75, 3.05) is 27.3 Å². The molecular formula is C38H47N3O6S. The lowest BCUT2D eigenvalue weighted by Crippen LogP contribution is -2.38. The van der Waals surface area contributed by atoms with E-state index in [0.29, 0.717) is 37.3 Å². The molecule has 256 valence electrons. The van der Waals surface area contributed by atoms with Crippen LogP contribution in [0.25, 0.3) is 21.6 Å². The molecule has 3 aromatic rings. The van der Waals surface area contributed by atoms with E-state index in [-0.39, 0.29) is 48.6 Å². The highest BCUT2D eigenvalue weighted by Gasteiger charge is 2.61. The number of fused-ring (bicyclic) bond motifs is 3. The second-order valence-electron chi connectivity index (χ2n) is 14.0. The summed E-state index contributed by atoms with van der Waals surface area (Å²) in [6.45, 7) is 8.91. The molecule has 10 heteroatoms. The van der Waals surface area contributed by atoms with Crippen molar-refractivity contribution < 1.29 is 28.6 Å². The summed E-state index contributed by atoms with van der Waals surface area (Å²) >= 11 is 1.55. The minimum atomic E-state index is -0.846. The first-order chi connectivity index (χ1) is 23.1. The van der Waals surface area contributed by atoms with E-state index in [1.165, 1.54) is 0 Å². The third-order valence-corrected chi connectivity index (χ3v) is 11.3. The third kappa shape index (κ3) is 6.60. The van der Waals surface area contributed by atoms with E-state index in [4.69, 9.17) is 24.2 Å². The summed E-state index contributed by atoms with van der Waals surface area (Å²) in [6.07, 6.45) is 8.02. The van der Waals surface area contributed by atoms with E-state index >= 15 is 0 Å². The molecule has 48 heavy (non-hydrogen) atoms. The normalized spacial score (nSPS) is 26.9. The Hall–Kier alpha value is -3.79. The second-order valence-corrected chi connectivity index (χ2v) is 14.8. The van der Waals surface area contributed by atoms with Crippen molar-refractivity contribution >= 4 is 39.9 Å². The van der Waals surface area contributed by atoms with Gasteiger partial charge in [-0.05, 0) is 76.3 Å². The number of carbonyl (C=O) groups is 3. The SMILES string of the molecule is CCOC(=O)[C@]12CC(=O)[C@@H]3CC(Oc4cc(-c5nc(C(C)C)cs5)nc5c(C)c(OC)ccc45)C[C@H]3C(=O)N(C)CCCC/C=C\[C@@H]1C2.